The first-order valence-corrected chi connectivity index (χ1v) is 6.04. The Hall–Kier alpha value is -2.06. The maximum atomic E-state index is 12.0. The van der Waals surface area contributed by atoms with Gasteiger partial charge in [-0.05, 0) is 10.4 Å². The molecule has 2 rings (SSSR count). The number of ketones is 1. The van der Waals surface area contributed by atoms with Crippen molar-refractivity contribution in [1.29, 1.82) is 0 Å². The van der Waals surface area contributed by atoms with Crippen molar-refractivity contribution in [2.24, 2.45) is 0 Å². The Morgan fingerprint density at radius 3 is 2.50 bits per heavy atom. The van der Waals surface area contributed by atoms with Crippen LogP contribution in [0.25, 0.3) is 0 Å². The molecule has 0 radical (unpaired) electrons. The average molecular weight is 316 g/mol. The van der Waals surface area contributed by atoms with E-state index in [0.29, 0.717) is 6.29 Å². The van der Waals surface area contributed by atoms with E-state index >= 15 is 0 Å². The van der Waals surface area contributed by atoms with Crippen LogP contribution in [0.3, 0.4) is 0 Å². The minimum atomic E-state index is -1.15. The highest BCUT2D eigenvalue weighted by atomic mass is 35.5. The molecule has 0 saturated heterocycles. The zero-order valence-corrected chi connectivity index (χ0v) is 11.3. The van der Waals surface area contributed by atoms with Gasteiger partial charge in [0.25, 0.3) is 0 Å². The fourth-order valence-electron chi connectivity index (χ4n) is 1.51. The number of hydrogen-bond acceptors (Lipinski definition) is 6. The Bertz CT molecular complexity index is 671. The van der Waals surface area contributed by atoms with Crippen molar-refractivity contribution >= 4 is 35.3 Å². The van der Waals surface area contributed by atoms with E-state index in [2.05, 4.69) is 15.5 Å². The van der Waals surface area contributed by atoms with Crippen LogP contribution in [0.5, 0.6) is 0 Å². The van der Waals surface area contributed by atoms with Crippen LogP contribution in [0.1, 0.15) is 6.04 Å². The second-order valence-electron chi connectivity index (χ2n) is 3.79. The highest BCUT2D eigenvalue weighted by molar-refractivity contribution is 6.34. The minimum absolute atomic E-state index is 0.115. The molecule has 2 aromatic heterocycles. The van der Waals surface area contributed by atoms with Crippen molar-refractivity contribution < 1.29 is 9.59 Å². The first-order chi connectivity index (χ1) is 9.52. The van der Waals surface area contributed by atoms with Gasteiger partial charge in [0.15, 0.2) is 18.1 Å². The zero-order valence-electron chi connectivity index (χ0n) is 9.81. The molecule has 0 saturated carbocycles. The number of rotatable bonds is 5. The molecule has 2 aromatic rings. The van der Waals surface area contributed by atoms with E-state index in [1.54, 1.807) is 0 Å². The summed E-state index contributed by atoms with van der Waals surface area (Å²) in [5.41, 5.74) is -0.524. The number of nitrogens with zero attached hydrogens (tertiary/aromatic N) is 5. The van der Waals surface area contributed by atoms with Gasteiger partial charge in [-0.1, -0.05) is 23.2 Å². The summed E-state index contributed by atoms with van der Waals surface area (Å²) < 4.78 is 2.34. The van der Waals surface area contributed by atoms with Crippen molar-refractivity contribution in [2.75, 3.05) is 0 Å². The highest BCUT2D eigenvalue weighted by Crippen LogP contribution is 2.10. The smallest absolute Gasteiger partial charge is 0.218 e. The van der Waals surface area contributed by atoms with Gasteiger partial charge in [0.05, 0.1) is 6.54 Å². The number of pyridine rings is 1. The molecule has 0 bridgehead atoms. The number of carbonyl (C=O) groups is 2. The number of hydrogen-bond donors (Lipinski definition) is 0. The van der Waals surface area contributed by atoms with Gasteiger partial charge in [0.1, 0.15) is 16.4 Å². The summed E-state index contributed by atoms with van der Waals surface area (Å²) >= 11 is 11.4. The second-order valence-corrected chi connectivity index (χ2v) is 4.61. The summed E-state index contributed by atoms with van der Waals surface area (Å²) in [5.74, 6) is -0.483. The Balaban J connectivity index is 2.23. The molecule has 10 heteroatoms. The van der Waals surface area contributed by atoms with Crippen LogP contribution in [0.2, 0.25) is 10.0 Å². The molecule has 8 nitrogen and oxygen atoms in total. The molecule has 0 aromatic carbocycles. The van der Waals surface area contributed by atoms with E-state index in [-0.39, 0.29) is 16.6 Å². The van der Waals surface area contributed by atoms with E-state index in [1.807, 2.05) is 0 Å². The predicted octanol–water partition coefficient (Wildman–Crippen LogP) is 0.151. The summed E-state index contributed by atoms with van der Waals surface area (Å²) in [5, 5.41) is 9.96. The van der Waals surface area contributed by atoms with Crippen molar-refractivity contribution in [3.63, 3.8) is 0 Å². The van der Waals surface area contributed by atoms with Gasteiger partial charge in [0.2, 0.25) is 5.43 Å². The topological polar surface area (TPSA) is 99.7 Å². The number of aldehydes is 1. The van der Waals surface area contributed by atoms with Crippen LogP contribution < -0.4 is 5.43 Å². The molecule has 0 N–H and O–H groups in total. The average Bonchev–Trinajstić information content (AvgIpc) is 2.90. The van der Waals surface area contributed by atoms with Crippen molar-refractivity contribution in [3.8, 4) is 0 Å². The second kappa shape index (κ2) is 5.93. The maximum Gasteiger partial charge on any atom is 0.218 e. The molecule has 1 atom stereocenters. The van der Waals surface area contributed by atoms with Crippen molar-refractivity contribution in [1.82, 2.24) is 24.8 Å². The van der Waals surface area contributed by atoms with Crippen molar-refractivity contribution in [3.05, 3.63) is 39.0 Å². The zero-order chi connectivity index (χ0) is 14.7. The largest absolute Gasteiger partial charge is 0.344 e. The Morgan fingerprint density at radius 2 is 2.00 bits per heavy atom. The van der Waals surface area contributed by atoms with Gasteiger partial charge in [0, 0.05) is 12.4 Å². The number of tetrazole rings is 1. The monoisotopic (exact) mass is 315 g/mol. The number of Topliss-reactive ketones (excluding diaryl/α,β-unsaturated/α-hetero) is 1. The van der Waals surface area contributed by atoms with E-state index in [0.717, 1.165) is 11.0 Å². The third-order valence-corrected chi connectivity index (χ3v) is 2.98. The third-order valence-electron chi connectivity index (χ3n) is 2.44. The lowest BCUT2D eigenvalue weighted by molar-refractivity contribution is -0.127. The molecule has 0 aliphatic carbocycles. The molecule has 0 amide bonds. The van der Waals surface area contributed by atoms with E-state index < -0.39 is 17.3 Å². The molecule has 0 spiro atoms. The van der Waals surface area contributed by atoms with Gasteiger partial charge >= 0.3 is 0 Å². The van der Waals surface area contributed by atoms with Gasteiger partial charge in [-0.3, -0.25) is 9.59 Å². The van der Waals surface area contributed by atoms with Crippen LogP contribution in [0, 0.1) is 0 Å². The lowest BCUT2D eigenvalue weighted by Crippen LogP contribution is -2.26. The number of halogens is 2. The Kier molecular flexibility index (Phi) is 4.26. The van der Waals surface area contributed by atoms with Crippen LogP contribution in [-0.4, -0.2) is 36.8 Å². The minimum Gasteiger partial charge on any atom is -0.344 e. The first-order valence-electron chi connectivity index (χ1n) is 5.28. The molecule has 1 unspecified atom stereocenters. The quantitative estimate of drug-likeness (QED) is 0.575. The van der Waals surface area contributed by atoms with Crippen LogP contribution in [0.15, 0.2) is 23.5 Å². The predicted molar refractivity (Wildman–Crippen MR) is 68.6 cm³/mol. The van der Waals surface area contributed by atoms with Gasteiger partial charge in [-0.2, -0.15) is 0 Å². The fraction of sp³-hybridized carbons (Fsp3) is 0.200. The Morgan fingerprint density at radius 1 is 1.35 bits per heavy atom. The molecular formula is C10H7Cl2N5O3. The van der Waals surface area contributed by atoms with Crippen LogP contribution >= 0.6 is 23.2 Å². The van der Waals surface area contributed by atoms with E-state index in [9.17, 15) is 14.4 Å². The maximum absolute atomic E-state index is 12.0. The number of aromatic nitrogens is 5. The van der Waals surface area contributed by atoms with Gasteiger partial charge in [-0.15, -0.1) is 5.10 Å². The molecule has 0 fully saturated rings. The molecule has 104 valence electrons. The normalized spacial score (nSPS) is 12.1. The summed E-state index contributed by atoms with van der Waals surface area (Å²) in [6.45, 7) is -0.205. The molecule has 20 heavy (non-hydrogen) atoms. The highest BCUT2D eigenvalue weighted by Gasteiger charge is 2.21. The lowest BCUT2D eigenvalue weighted by Gasteiger charge is -2.11. The summed E-state index contributed by atoms with van der Waals surface area (Å²) in [7, 11) is 0. The summed E-state index contributed by atoms with van der Waals surface area (Å²) in [4.78, 5) is 34.3. The standard InChI is InChI=1S/C10H7Cl2N5O3/c11-6-1-16(2-7(12)10(6)20)3-9(19)8(4-18)17-5-13-14-15-17/h1-2,4-5,8H,3H2. The molecule has 0 aliphatic rings. The fourth-order valence-corrected chi connectivity index (χ4v) is 2.01. The van der Waals surface area contributed by atoms with Gasteiger partial charge in [-0.25, -0.2) is 4.68 Å². The summed E-state index contributed by atoms with van der Waals surface area (Å²) in [6.07, 6.45) is 4.09. The molecule has 0 aliphatic heterocycles. The first kappa shape index (κ1) is 14.4. The molecular weight excluding hydrogens is 309 g/mol. The SMILES string of the molecule is O=CC(C(=O)Cn1cc(Cl)c(=O)c(Cl)c1)n1cnnn1. The van der Waals surface area contributed by atoms with E-state index in [1.165, 1.54) is 17.0 Å². The Labute approximate surface area is 121 Å². The third kappa shape index (κ3) is 2.91. The molecule has 2 heterocycles. The van der Waals surface area contributed by atoms with E-state index in [4.69, 9.17) is 23.2 Å². The van der Waals surface area contributed by atoms with Gasteiger partial charge < -0.3 is 9.36 Å². The van der Waals surface area contributed by atoms with Crippen LogP contribution in [-0.2, 0) is 16.1 Å². The van der Waals surface area contributed by atoms with Crippen LogP contribution in [0.4, 0.5) is 0 Å². The number of carbonyl (C=O) groups excluding carboxylic acids is 2. The summed E-state index contributed by atoms with van der Waals surface area (Å²) in [6, 6.07) is -1.15. The lowest BCUT2D eigenvalue weighted by atomic mass is 10.2. The van der Waals surface area contributed by atoms with Crippen molar-refractivity contribution in [2.45, 2.75) is 12.6 Å².